The summed E-state index contributed by atoms with van der Waals surface area (Å²) in [5.41, 5.74) is -2.01. The van der Waals surface area contributed by atoms with Crippen molar-refractivity contribution in [3.63, 3.8) is 0 Å². The van der Waals surface area contributed by atoms with Crippen molar-refractivity contribution in [2.45, 2.75) is 74.7 Å². The molecule has 0 aromatic rings. The summed E-state index contributed by atoms with van der Waals surface area (Å²) in [6.45, 7) is 2.20. The molecule has 4 nitrogen and oxygen atoms in total. The molecule has 0 aromatic carbocycles. The molecule has 21 heteroatoms. The summed E-state index contributed by atoms with van der Waals surface area (Å²) >= 11 is 0. The molecule has 0 unspecified atom stereocenters. The predicted octanol–water partition coefficient (Wildman–Crippen LogP) is 5.77. The molecule has 34 heavy (non-hydrogen) atoms. The zero-order valence-electron chi connectivity index (χ0n) is 16.2. The van der Waals surface area contributed by atoms with Gasteiger partial charge in [0.05, 0.1) is 0 Å². The zero-order chi connectivity index (χ0) is 28.2. The zero-order valence-corrected chi connectivity index (χ0v) is 16.2. The second-order valence-electron chi connectivity index (χ2n) is 7.20. The van der Waals surface area contributed by atoms with Crippen LogP contribution < -0.4 is 5.32 Å². The van der Waals surface area contributed by atoms with E-state index in [2.05, 4.69) is 0 Å². The Labute approximate surface area is 176 Å². The molecule has 0 aromatic heterocycles. The van der Waals surface area contributed by atoms with Crippen LogP contribution in [-0.2, 0) is 14.3 Å². The van der Waals surface area contributed by atoms with Crippen LogP contribution in [0.1, 0.15) is 20.8 Å². The molecule has 2 atom stereocenters. The Bertz CT molecular complexity index is 750. The first kappa shape index (κ1) is 32.2. The Hall–Kier alpha value is -1.80. The van der Waals surface area contributed by atoms with Gasteiger partial charge in [0.25, 0.3) is 5.91 Å². The van der Waals surface area contributed by atoms with E-state index in [1.807, 2.05) is 4.74 Å². The van der Waals surface area contributed by atoms with Crippen molar-refractivity contribution in [2.24, 2.45) is 0 Å². The molecule has 0 heterocycles. The van der Waals surface area contributed by atoms with Gasteiger partial charge in [0.2, 0.25) is 0 Å². The van der Waals surface area contributed by atoms with Gasteiger partial charge in [0.1, 0.15) is 0 Å². The lowest BCUT2D eigenvalue weighted by molar-refractivity contribution is -0.548. The van der Waals surface area contributed by atoms with Crippen LogP contribution in [0.4, 0.5) is 74.6 Å². The van der Waals surface area contributed by atoms with Gasteiger partial charge in [-0.3, -0.25) is 14.3 Å². The minimum absolute atomic E-state index is 0.734. The van der Waals surface area contributed by atoms with Gasteiger partial charge in [-0.05, 0) is 20.8 Å². The predicted molar refractivity (Wildman–Crippen MR) is 70.7 cm³/mol. The van der Waals surface area contributed by atoms with E-state index in [0.29, 0.717) is 0 Å². The van der Waals surface area contributed by atoms with Gasteiger partial charge in [0, 0.05) is 5.54 Å². The maximum atomic E-state index is 14.1. The summed E-state index contributed by atoms with van der Waals surface area (Å²) < 4.78 is 223. The minimum Gasteiger partial charge on any atom is -0.346 e. The number of carbonyl (C=O) groups is 1. The summed E-state index contributed by atoms with van der Waals surface area (Å²) in [4.78, 5) is 11.4. The standard InChI is InChI=1S/C13H10F17NO3/c1-5(2,3)31-4(32)6(14,9(18,19)20)33-13(29,30)8(17,11(24,25)26)34-12(27,28)7(15,16)10(21,22)23/h1-3H3,(H,31,32)/t6-,8+/m1/s1. The minimum atomic E-state index is -8.03. The van der Waals surface area contributed by atoms with E-state index in [1.165, 1.54) is 4.74 Å². The molecule has 204 valence electrons. The molecule has 1 N–H and O–H groups in total. The van der Waals surface area contributed by atoms with E-state index >= 15 is 0 Å². The van der Waals surface area contributed by atoms with Crippen LogP contribution in [-0.4, -0.2) is 59.8 Å². The normalized spacial score (nSPS) is 18.8. The van der Waals surface area contributed by atoms with Crippen LogP contribution in [0.2, 0.25) is 0 Å². The number of amides is 1. The lowest BCUT2D eigenvalue weighted by atomic mass is 10.1. The van der Waals surface area contributed by atoms with Crippen LogP contribution in [0.3, 0.4) is 0 Å². The average Bonchev–Trinajstić information content (AvgIpc) is 2.48. The first-order valence-electron chi connectivity index (χ1n) is 7.73. The Kier molecular flexibility index (Phi) is 7.96. The molecule has 0 bridgehead atoms. The summed E-state index contributed by atoms with van der Waals surface area (Å²) in [6, 6.07) is 0. The van der Waals surface area contributed by atoms with Gasteiger partial charge in [-0.2, -0.15) is 74.6 Å². The van der Waals surface area contributed by atoms with Gasteiger partial charge in [0.15, 0.2) is 0 Å². The number of rotatable bonds is 7. The Morgan fingerprint density at radius 3 is 1.21 bits per heavy atom. The van der Waals surface area contributed by atoms with Crippen molar-refractivity contribution in [3.8, 4) is 0 Å². The number of ether oxygens (including phenoxy) is 2. The third-order valence-electron chi connectivity index (χ3n) is 3.14. The molecule has 0 spiro atoms. The average molecular weight is 551 g/mol. The second-order valence-corrected chi connectivity index (χ2v) is 7.20. The Morgan fingerprint density at radius 1 is 0.559 bits per heavy atom. The Balaban J connectivity index is 6.79. The van der Waals surface area contributed by atoms with Crippen LogP contribution in [0.5, 0.6) is 0 Å². The fraction of sp³-hybridized carbons (Fsp3) is 0.923. The largest absolute Gasteiger partial charge is 0.462 e. The molecule has 0 saturated heterocycles. The lowest BCUT2D eigenvalue weighted by Gasteiger charge is -2.40. The van der Waals surface area contributed by atoms with E-state index in [-0.39, 0.29) is 0 Å². The number of carbonyl (C=O) groups excluding carboxylic acids is 1. The number of alkyl halides is 17. The molecule has 0 aliphatic carbocycles. The first-order chi connectivity index (χ1) is 14.3. The van der Waals surface area contributed by atoms with Crippen LogP contribution in [0, 0.1) is 0 Å². The van der Waals surface area contributed by atoms with Crippen molar-refractivity contribution >= 4 is 5.91 Å². The smallest absolute Gasteiger partial charge is 0.346 e. The van der Waals surface area contributed by atoms with Crippen LogP contribution >= 0.6 is 0 Å². The van der Waals surface area contributed by atoms with Crippen molar-refractivity contribution in [1.29, 1.82) is 0 Å². The Morgan fingerprint density at radius 2 is 0.941 bits per heavy atom. The van der Waals surface area contributed by atoms with Gasteiger partial charge in [-0.1, -0.05) is 0 Å². The third-order valence-corrected chi connectivity index (χ3v) is 3.14. The monoisotopic (exact) mass is 551 g/mol. The summed E-state index contributed by atoms with van der Waals surface area (Å²) in [5.74, 6) is -26.0. The molecule has 0 radical (unpaired) electrons. The van der Waals surface area contributed by atoms with Gasteiger partial charge >= 0.3 is 48.4 Å². The molecular weight excluding hydrogens is 541 g/mol. The highest BCUT2D eigenvalue weighted by molar-refractivity contribution is 5.85. The fourth-order valence-corrected chi connectivity index (χ4v) is 1.58. The highest BCUT2D eigenvalue weighted by Gasteiger charge is 2.85. The van der Waals surface area contributed by atoms with E-state index in [9.17, 15) is 79.4 Å². The molecule has 0 rings (SSSR count). The SMILES string of the molecule is CC(C)(C)NC(=O)[C@@](F)(OC(F)(F)[C@@](F)(OC(F)(F)C(F)(F)C(F)(F)F)C(F)(F)F)C(F)(F)F. The van der Waals surface area contributed by atoms with Crippen molar-refractivity contribution in [2.75, 3.05) is 0 Å². The van der Waals surface area contributed by atoms with Gasteiger partial charge in [-0.15, -0.1) is 0 Å². The summed E-state index contributed by atoms with van der Waals surface area (Å²) in [5, 5.41) is 0.918. The quantitative estimate of drug-likeness (QED) is 0.409. The molecule has 0 fully saturated rings. The molecule has 0 saturated carbocycles. The molecule has 0 aliphatic heterocycles. The van der Waals surface area contributed by atoms with Crippen LogP contribution in [0.25, 0.3) is 0 Å². The van der Waals surface area contributed by atoms with Crippen LogP contribution in [0.15, 0.2) is 0 Å². The van der Waals surface area contributed by atoms with Crippen molar-refractivity contribution < 1.29 is 88.9 Å². The number of hydrogen-bond donors (Lipinski definition) is 1. The third kappa shape index (κ3) is 5.88. The van der Waals surface area contributed by atoms with Crippen molar-refractivity contribution in [3.05, 3.63) is 0 Å². The highest BCUT2D eigenvalue weighted by Crippen LogP contribution is 2.56. The first-order valence-corrected chi connectivity index (χ1v) is 7.73. The molecule has 1 amide bonds. The topological polar surface area (TPSA) is 47.6 Å². The van der Waals surface area contributed by atoms with E-state index in [0.717, 1.165) is 26.1 Å². The molecular formula is C13H10F17NO3. The van der Waals surface area contributed by atoms with Gasteiger partial charge < -0.3 is 5.32 Å². The summed E-state index contributed by atoms with van der Waals surface area (Å²) in [6.07, 6.45) is -38.4. The lowest BCUT2D eigenvalue weighted by Crippen LogP contribution is -2.69. The number of halogens is 17. The van der Waals surface area contributed by atoms with Gasteiger partial charge in [-0.25, -0.2) is 0 Å². The maximum absolute atomic E-state index is 14.1. The highest BCUT2D eigenvalue weighted by atomic mass is 19.4. The second kappa shape index (κ2) is 8.40. The van der Waals surface area contributed by atoms with E-state index in [4.69, 9.17) is 0 Å². The number of hydrogen-bond acceptors (Lipinski definition) is 3. The summed E-state index contributed by atoms with van der Waals surface area (Å²) in [7, 11) is 0. The van der Waals surface area contributed by atoms with E-state index < -0.39 is 59.8 Å². The number of nitrogens with one attached hydrogen (secondary N) is 1. The van der Waals surface area contributed by atoms with Crippen molar-refractivity contribution in [1.82, 2.24) is 5.32 Å². The molecule has 0 aliphatic rings. The maximum Gasteiger partial charge on any atom is 0.462 e. The fourth-order valence-electron chi connectivity index (χ4n) is 1.58. The van der Waals surface area contributed by atoms with E-state index in [1.54, 1.807) is 0 Å².